The average molecular weight is 519 g/mol. The summed E-state index contributed by atoms with van der Waals surface area (Å²) in [7, 11) is 0. The van der Waals surface area contributed by atoms with Gasteiger partial charge in [-0.25, -0.2) is 0 Å². The monoisotopic (exact) mass is 519 g/mol. The number of ether oxygens (including phenoxy) is 2. The van der Waals surface area contributed by atoms with E-state index in [2.05, 4.69) is 41.3 Å². The number of hydrogen-bond donors (Lipinski definition) is 2. The number of nitrogens with zero attached hydrogens (tertiary/aromatic N) is 3. The second-order valence-electron chi connectivity index (χ2n) is 6.98. The maximum atomic E-state index is 5.70. The van der Waals surface area contributed by atoms with E-state index in [9.17, 15) is 0 Å². The molecule has 0 aliphatic carbocycles. The van der Waals surface area contributed by atoms with Gasteiger partial charge in [-0.1, -0.05) is 26.7 Å². The fourth-order valence-electron chi connectivity index (χ4n) is 3.60. The summed E-state index contributed by atoms with van der Waals surface area (Å²) in [5.74, 6) is 2.28. The van der Waals surface area contributed by atoms with Gasteiger partial charge in [-0.3, -0.25) is 14.9 Å². The van der Waals surface area contributed by atoms with E-state index in [4.69, 9.17) is 14.5 Å². The summed E-state index contributed by atoms with van der Waals surface area (Å²) in [6, 6.07) is 4.24. The van der Waals surface area contributed by atoms with Gasteiger partial charge in [0, 0.05) is 31.9 Å². The lowest BCUT2D eigenvalue weighted by Crippen LogP contribution is -2.49. The lowest BCUT2D eigenvalue weighted by molar-refractivity contribution is 0.00395. The molecule has 2 N–H and O–H groups in total. The molecule has 0 radical (unpaired) electrons. The molecule has 166 valence electrons. The predicted molar refractivity (Wildman–Crippen MR) is 129 cm³/mol. The van der Waals surface area contributed by atoms with Gasteiger partial charge in [-0.05, 0) is 25.0 Å². The molecule has 0 bridgehead atoms. The summed E-state index contributed by atoms with van der Waals surface area (Å²) < 4.78 is 11.2. The maximum Gasteiger partial charge on any atom is 0.191 e. The van der Waals surface area contributed by atoms with E-state index < -0.39 is 0 Å². The Balaban J connectivity index is 0.00000420. The van der Waals surface area contributed by atoms with E-state index in [1.165, 1.54) is 12.8 Å². The predicted octanol–water partition coefficient (Wildman–Crippen LogP) is 2.77. The number of morpholine rings is 1. The molecule has 1 saturated heterocycles. The van der Waals surface area contributed by atoms with E-state index >= 15 is 0 Å². The quantitative estimate of drug-likeness (QED) is 0.203. The van der Waals surface area contributed by atoms with Crippen LogP contribution in [0.2, 0.25) is 0 Å². The van der Waals surface area contributed by atoms with Crippen LogP contribution in [0.25, 0.3) is 0 Å². The minimum absolute atomic E-state index is 0. The number of rotatable bonds is 11. The zero-order valence-electron chi connectivity index (χ0n) is 18.1. The number of aromatic nitrogens is 1. The highest BCUT2D eigenvalue weighted by Gasteiger charge is 2.26. The average Bonchev–Trinajstić information content (AvgIpc) is 2.75. The van der Waals surface area contributed by atoms with Crippen molar-refractivity contribution in [2.45, 2.75) is 39.7 Å². The largest absolute Gasteiger partial charge is 0.490 e. The van der Waals surface area contributed by atoms with Gasteiger partial charge in [-0.2, -0.15) is 0 Å². The normalized spacial score (nSPS) is 16.2. The third kappa shape index (κ3) is 9.48. The standard InChI is InChI=1S/C21H37N5O2.HI/c1-4-18(5-2)20(26-11-14-27-15-12-26)17-25-21(23-6-3)24-10-13-28-19-8-7-9-22-16-19;/h7-9,16,18,20H,4-6,10-15,17H2,1-3H3,(H2,23,24,25);1H. The van der Waals surface area contributed by atoms with Crippen molar-refractivity contribution in [3.63, 3.8) is 0 Å². The van der Waals surface area contributed by atoms with Crippen molar-refractivity contribution in [3.8, 4) is 5.75 Å². The fourth-order valence-corrected chi connectivity index (χ4v) is 3.60. The van der Waals surface area contributed by atoms with Crippen LogP contribution < -0.4 is 15.4 Å². The Morgan fingerprint density at radius 1 is 1.24 bits per heavy atom. The second-order valence-corrected chi connectivity index (χ2v) is 6.98. The van der Waals surface area contributed by atoms with Gasteiger partial charge >= 0.3 is 0 Å². The highest BCUT2D eigenvalue weighted by Crippen LogP contribution is 2.20. The molecule has 1 aliphatic heterocycles. The van der Waals surface area contributed by atoms with Crippen molar-refractivity contribution in [1.29, 1.82) is 0 Å². The Labute approximate surface area is 193 Å². The molecular formula is C21H38IN5O2. The third-order valence-corrected chi connectivity index (χ3v) is 5.19. The van der Waals surface area contributed by atoms with E-state index in [1.54, 1.807) is 12.4 Å². The second kappa shape index (κ2) is 15.7. The summed E-state index contributed by atoms with van der Waals surface area (Å²) in [6.07, 6.45) is 5.82. The van der Waals surface area contributed by atoms with Crippen LogP contribution in [0.1, 0.15) is 33.6 Å². The van der Waals surface area contributed by atoms with Crippen LogP contribution in [0.3, 0.4) is 0 Å². The highest BCUT2D eigenvalue weighted by atomic mass is 127. The number of pyridine rings is 1. The molecule has 1 unspecified atom stereocenters. The molecule has 0 spiro atoms. The number of hydrogen-bond acceptors (Lipinski definition) is 5. The number of aliphatic imine (C=N–C) groups is 1. The van der Waals surface area contributed by atoms with Gasteiger partial charge in [0.05, 0.1) is 32.5 Å². The first-order chi connectivity index (χ1) is 13.8. The molecule has 29 heavy (non-hydrogen) atoms. The summed E-state index contributed by atoms with van der Waals surface area (Å²) in [4.78, 5) is 11.5. The van der Waals surface area contributed by atoms with Crippen molar-refractivity contribution in [2.24, 2.45) is 10.9 Å². The fraction of sp³-hybridized carbons (Fsp3) is 0.714. The lowest BCUT2D eigenvalue weighted by atomic mass is 9.92. The molecule has 1 aliphatic rings. The molecule has 0 aromatic carbocycles. The molecule has 1 fully saturated rings. The molecule has 8 heteroatoms. The molecule has 0 saturated carbocycles. The Bertz CT molecular complexity index is 551. The molecule has 1 atom stereocenters. The van der Waals surface area contributed by atoms with Crippen LogP contribution in [0.4, 0.5) is 0 Å². The van der Waals surface area contributed by atoms with E-state index in [1.807, 2.05) is 12.1 Å². The number of nitrogens with one attached hydrogen (secondary N) is 2. The van der Waals surface area contributed by atoms with Crippen LogP contribution in [0.5, 0.6) is 5.75 Å². The highest BCUT2D eigenvalue weighted by molar-refractivity contribution is 14.0. The summed E-state index contributed by atoms with van der Waals surface area (Å²) in [6.45, 7) is 13.2. The van der Waals surface area contributed by atoms with Crippen LogP contribution in [0, 0.1) is 5.92 Å². The molecule has 1 aromatic rings. The first kappa shape index (κ1) is 25.9. The van der Waals surface area contributed by atoms with Crippen LogP contribution in [0.15, 0.2) is 29.5 Å². The Morgan fingerprint density at radius 2 is 2.00 bits per heavy atom. The lowest BCUT2D eigenvalue weighted by Gasteiger charge is -2.38. The zero-order chi connectivity index (χ0) is 20.0. The van der Waals surface area contributed by atoms with Crippen molar-refractivity contribution >= 4 is 29.9 Å². The Kier molecular flexibility index (Phi) is 14.0. The van der Waals surface area contributed by atoms with Crippen molar-refractivity contribution in [3.05, 3.63) is 24.5 Å². The van der Waals surface area contributed by atoms with Crippen LogP contribution >= 0.6 is 24.0 Å². The van der Waals surface area contributed by atoms with Gasteiger partial charge in [0.2, 0.25) is 0 Å². The molecule has 1 aromatic heterocycles. The van der Waals surface area contributed by atoms with Gasteiger partial charge in [0.25, 0.3) is 0 Å². The summed E-state index contributed by atoms with van der Waals surface area (Å²) in [5, 5.41) is 6.72. The molecule has 2 heterocycles. The van der Waals surface area contributed by atoms with Gasteiger partial charge in [-0.15, -0.1) is 24.0 Å². The third-order valence-electron chi connectivity index (χ3n) is 5.19. The first-order valence-corrected chi connectivity index (χ1v) is 10.6. The van der Waals surface area contributed by atoms with Gasteiger partial charge < -0.3 is 20.1 Å². The Morgan fingerprint density at radius 3 is 2.62 bits per heavy atom. The smallest absolute Gasteiger partial charge is 0.191 e. The zero-order valence-corrected chi connectivity index (χ0v) is 20.4. The van der Waals surface area contributed by atoms with Crippen LogP contribution in [-0.2, 0) is 4.74 Å². The van der Waals surface area contributed by atoms with Crippen LogP contribution in [-0.4, -0.2) is 74.4 Å². The minimum Gasteiger partial charge on any atom is -0.490 e. The molecule has 0 amide bonds. The minimum atomic E-state index is 0. The number of halogens is 1. The molecular weight excluding hydrogens is 481 g/mol. The van der Waals surface area contributed by atoms with Crippen molar-refractivity contribution < 1.29 is 9.47 Å². The van der Waals surface area contributed by atoms with Gasteiger partial charge in [0.1, 0.15) is 12.4 Å². The van der Waals surface area contributed by atoms with Crippen molar-refractivity contribution in [2.75, 3.05) is 52.5 Å². The van der Waals surface area contributed by atoms with Gasteiger partial charge in [0.15, 0.2) is 5.96 Å². The summed E-state index contributed by atoms with van der Waals surface area (Å²) >= 11 is 0. The van der Waals surface area contributed by atoms with E-state index in [-0.39, 0.29) is 24.0 Å². The summed E-state index contributed by atoms with van der Waals surface area (Å²) in [5.41, 5.74) is 0. The SMILES string of the molecule is CCNC(=NCC(C(CC)CC)N1CCOCC1)NCCOc1cccnc1.I. The molecule has 2 rings (SSSR count). The first-order valence-electron chi connectivity index (χ1n) is 10.6. The van der Waals surface area contributed by atoms with E-state index in [0.717, 1.165) is 51.1 Å². The molecule has 7 nitrogen and oxygen atoms in total. The number of guanidine groups is 1. The maximum absolute atomic E-state index is 5.70. The van der Waals surface area contributed by atoms with Crippen molar-refractivity contribution in [1.82, 2.24) is 20.5 Å². The topological polar surface area (TPSA) is 71.0 Å². The Hall–Kier alpha value is -1.13. The van der Waals surface area contributed by atoms with E-state index in [0.29, 0.717) is 25.1 Å².